The number of carbonyl (C=O) groups excluding carboxylic acids is 3. The molecule has 1 aromatic carbocycles. The standard InChI is InChI=1S/C14H18N2O5.C2H3ClO/c1-9(12(17)15-10(2)13(18)19)16-14(20)21-8-11-6-4-3-5-7-11;1-2(3)4/h3-7,9-10H,8H2,1-2H3,(H,15,17)(H,16,20)(H,18,19);1H3/t9-,10-;/m0./s1. The zero-order chi connectivity index (χ0) is 19.4. The number of rotatable bonds is 6. The van der Waals surface area contributed by atoms with Crippen LogP contribution >= 0.6 is 11.6 Å². The maximum atomic E-state index is 11.6. The first kappa shape index (κ1) is 22.4. The Morgan fingerprint density at radius 3 is 2.08 bits per heavy atom. The first-order valence-corrected chi connectivity index (χ1v) is 7.67. The molecule has 0 aromatic heterocycles. The van der Waals surface area contributed by atoms with Crippen LogP contribution in [0.15, 0.2) is 30.3 Å². The lowest BCUT2D eigenvalue weighted by Crippen LogP contribution is -2.49. The van der Waals surface area contributed by atoms with Crippen molar-refractivity contribution in [3.8, 4) is 0 Å². The van der Waals surface area contributed by atoms with Gasteiger partial charge in [-0.25, -0.2) is 4.79 Å². The Balaban J connectivity index is 0.00000129. The Bertz CT molecular complexity index is 590. The minimum Gasteiger partial charge on any atom is -0.480 e. The first-order valence-electron chi connectivity index (χ1n) is 7.30. The number of hydrogen-bond acceptors (Lipinski definition) is 5. The summed E-state index contributed by atoms with van der Waals surface area (Å²) < 4.78 is 4.95. The minimum absolute atomic E-state index is 0.0898. The van der Waals surface area contributed by atoms with E-state index in [2.05, 4.69) is 22.2 Å². The van der Waals surface area contributed by atoms with Crippen LogP contribution in [0.4, 0.5) is 4.79 Å². The van der Waals surface area contributed by atoms with Gasteiger partial charge in [0.1, 0.15) is 18.7 Å². The third-order valence-electron chi connectivity index (χ3n) is 2.67. The molecule has 0 spiro atoms. The van der Waals surface area contributed by atoms with Gasteiger partial charge in [0, 0.05) is 6.92 Å². The fraction of sp³-hybridized carbons (Fsp3) is 0.375. The quantitative estimate of drug-likeness (QED) is 0.653. The Morgan fingerprint density at radius 1 is 1.08 bits per heavy atom. The lowest BCUT2D eigenvalue weighted by atomic mass is 10.2. The Morgan fingerprint density at radius 2 is 1.60 bits per heavy atom. The van der Waals surface area contributed by atoms with Crippen molar-refractivity contribution in [1.82, 2.24) is 10.6 Å². The number of halogens is 1. The summed E-state index contributed by atoms with van der Waals surface area (Å²) in [5, 5.41) is 12.9. The summed E-state index contributed by atoms with van der Waals surface area (Å²) in [6, 6.07) is 7.17. The average molecular weight is 373 g/mol. The van der Waals surface area contributed by atoms with Crippen LogP contribution in [0.2, 0.25) is 0 Å². The van der Waals surface area contributed by atoms with Gasteiger partial charge in [-0.1, -0.05) is 30.3 Å². The van der Waals surface area contributed by atoms with E-state index >= 15 is 0 Å². The number of amides is 2. The van der Waals surface area contributed by atoms with Crippen molar-refractivity contribution < 1.29 is 29.0 Å². The number of ether oxygens (including phenoxy) is 1. The van der Waals surface area contributed by atoms with Crippen molar-refractivity contribution in [2.75, 3.05) is 0 Å². The van der Waals surface area contributed by atoms with Gasteiger partial charge in [0.15, 0.2) is 0 Å². The molecule has 0 heterocycles. The van der Waals surface area contributed by atoms with Crippen LogP contribution in [-0.2, 0) is 25.7 Å². The molecule has 2 amide bonds. The summed E-state index contributed by atoms with van der Waals surface area (Å²) in [4.78, 5) is 43.0. The third kappa shape index (κ3) is 11.5. The van der Waals surface area contributed by atoms with E-state index in [-0.39, 0.29) is 11.8 Å². The number of carboxylic acid groups (broad SMARTS) is 1. The van der Waals surface area contributed by atoms with E-state index in [4.69, 9.17) is 9.84 Å². The maximum absolute atomic E-state index is 11.6. The molecule has 0 aliphatic rings. The predicted octanol–water partition coefficient (Wildman–Crippen LogP) is 1.66. The molecule has 1 aromatic rings. The lowest BCUT2D eigenvalue weighted by Gasteiger charge is -2.16. The van der Waals surface area contributed by atoms with Crippen LogP contribution in [0, 0.1) is 0 Å². The Labute approximate surface area is 150 Å². The van der Waals surface area contributed by atoms with E-state index < -0.39 is 30.1 Å². The Hall–Kier alpha value is -2.61. The van der Waals surface area contributed by atoms with E-state index in [0.29, 0.717) is 0 Å². The van der Waals surface area contributed by atoms with Crippen molar-refractivity contribution in [3.05, 3.63) is 35.9 Å². The molecule has 9 heteroatoms. The van der Waals surface area contributed by atoms with Gasteiger partial charge in [-0.3, -0.25) is 14.4 Å². The molecule has 138 valence electrons. The highest BCUT2D eigenvalue weighted by molar-refractivity contribution is 6.62. The minimum atomic E-state index is -1.15. The molecule has 0 aliphatic heterocycles. The summed E-state index contributed by atoms with van der Waals surface area (Å²) in [6.07, 6.45) is -0.746. The van der Waals surface area contributed by atoms with Gasteiger partial charge < -0.3 is 20.5 Å². The van der Waals surface area contributed by atoms with Gasteiger partial charge in [-0.05, 0) is 31.0 Å². The highest BCUT2D eigenvalue weighted by Crippen LogP contribution is 2.00. The summed E-state index contributed by atoms with van der Waals surface area (Å²) in [6.45, 7) is 4.16. The van der Waals surface area contributed by atoms with Crippen LogP contribution in [0.1, 0.15) is 26.3 Å². The summed E-state index contributed by atoms with van der Waals surface area (Å²) >= 11 is 4.64. The van der Waals surface area contributed by atoms with Crippen molar-refractivity contribution in [1.29, 1.82) is 0 Å². The highest BCUT2D eigenvalue weighted by atomic mass is 35.5. The van der Waals surface area contributed by atoms with E-state index in [1.165, 1.54) is 20.8 Å². The average Bonchev–Trinajstić information content (AvgIpc) is 2.53. The second-order valence-corrected chi connectivity index (χ2v) is 5.50. The van der Waals surface area contributed by atoms with Crippen LogP contribution in [0.5, 0.6) is 0 Å². The molecule has 25 heavy (non-hydrogen) atoms. The summed E-state index contributed by atoms with van der Waals surface area (Å²) in [7, 11) is 0. The van der Waals surface area contributed by atoms with Gasteiger partial charge in [-0.15, -0.1) is 0 Å². The number of benzene rings is 1. The second-order valence-electron chi connectivity index (χ2n) is 4.97. The summed E-state index contributed by atoms with van der Waals surface area (Å²) in [5.74, 6) is -1.75. The number of carbonyl (C=O) groups is 4. The molecule has 0 radical (unpaired) electrons. The van der Waals surface area contributed by atoms with E-state index in [0.717, 1.165) is 5.56 Å². The molecule has 0 aliphatic carbocycles. The first-order chi connectivity index (χ1) is 11.6. The van der Waals surface area contributed by atoms with Crippen molar-refractivity contribution in [2.45, 2.75) is 39.5 Å². The van der Waals surface area contributed by atoms with Gasteiger partial charge in [0.05, 0.1) is 0 Å². The molecule has 3 N–H and O–H groups in total. The summed E-state index contributed by atoms with van der Waals surface area (Å²) in [5.41, 5.74) is 0.823. The van der Waals surface area contributed by atoms with E-state index in [9.17, 15) is 19.2 Å². The number of carboxylic acids is 1. The van der Waals surface area contributed by atoms with E-state index in [1.807, 2.05) is 18.2 Å². The van der Waals surface area contributed by atoms with Gasteiger partial charge >= 0.3 is 12.1 Å². The highest BCUT2D eigenvalue weighted by Gasteiger charge is 2.20. The molecule has 2 atom stereocenters. The smallest absolute Gasteiger partial charge is 0.408 e. The van der Waals surface area contributed by atoms with Gasteiger partial charge in [0.25, 0.3) is 0 Å². The second kappa shape index (κ2) is 11.9. The molecular formula is C16H21ClN2O6. The SMILES string of the molecule is CC(=O)Cl.C[C@H](NC(=O)[C@H](C)NC(=O)OCc1ccccc1)C(=O)O. The fourth-order valence-electron chi connectivity index (χ4n) is 1.41. The maximum Gasteiger partial charge on any atom is 0.408 e. The van der Waals surface area contributed by atoms with Crippen LogP contribution in [0.25, 0.3) is 0 Å². The zero-order valence-corrected chi connectivity index (χ0v) is 14.9. The molecule has 0 bridgehead atoms. The van der Waals surface area contributed by atoms with Crippen molar-refractivity contribution >= 4 is 34.8 Å². The van der Waals surface area contributed by atoms with Crippen LogP contribution in [-0.4, -0.2) is 40.4 Å². The van der Waals surface area contributed by atoms with Crippen LogP contribution in [0.3, 0.4) is 0 Å². The number of nitrogens with one attached hydrogen (secondary N) is 2. The fourth-order valence-corrected chi connectivity index (χ4v) is 1.41. The van der Waals surface area contributed by atoms with Gasteiger partial charge in [-0.2, -0.15) is 0 Å². The third-order valence-corrected chi connectivity index (χ3v) is 2.67. The van der Waals surface area contributed by atoms with Crippen LogP contribution < -0.4 is 10.6 Å². The molecule has 8 nitrogen and oxygen atoms in total. The molecule has 0 fully saturated rings. The molecule has 1 rings (SSSR count). The zero-order valence-electron chi connectivity index (χ0n) is 14.1. The van der Waals surface area contributed by atoms with E-state index in [1.54, 1.807) is 12.1 Å². The number of aliphatic carboxylic acids is 1. The topological polar surface area (TPSA) is 122 Å². The normalized spacial score (nSPS) is 11.8. The lowest BCUT2D eigenvalue weighted by molar-refractivity contribution is -0.141. The molecule has 0 unspecified atom stereocenters. The van der Waals surface area contributed by atoms with Crippen molar-refractivity contribution in [2.24, 2.45) is 0 Å². The number of hydrogen-bond donors (Lipinski definition) is 3. The molecular weight excluding hydrogens is 352 g/mol. The number of alkyl carbamates (subject to hydrolysis) is 1. The Kier molecular flexibility index (Phi) is 10.6. The monoisotopic (exact) mass is 372 g/mol. The van der Waals surface area contributed by atoms with Crippen molar-refractivity contribution in [3.63, 3.8) is 0 Å². The molecule has 0 saturated carbocycles. The van der Waals surface area contributed by atoms with Gasteiger partial charge in [0.2, 0.25) is 11.1 Å². The largest absolute Gasteiger partial charge is 0.480 e. The molecule has 0 saturated heterocycles. The predicted molar refractivity (Wildman–Crippen MR) is 91.0 cm³/mol.